The van der Waals surface area contributed by atoms with Gasteiger partial charge in [0, 0.05) is 7.26 Å². The molecule has 118 valence electrons. The van der Waals surface area contributed by atoms with Gasteiger partial charge in [0.25, 0.3) is 0 Å². The number of hydrogen-bond donors (Lipinski definition) is 0. The molecule has 0 saturated heterocycles. The maximum Gasteiger partial charge on any atom is 0.0594 e. The van der Waals surface area contributed by atoms with Crippen molar-refractivity contribution in [2.75, 3.05) is 24.6 Å². The number of hydrogen-bond acceptors (Lipinski definition) is 0. The van der Waals surface area contributed by atoms with Crippen molar-refractivity contribution < 1.29 is 12.4 Å². The first-order valence-corrected chi connectivity index (χ1v) is 11.1. The van der Waals surface area contributed by atoms with Crippen LogP contribution in [0.1, 0.15) is 85.5 Å². The fourth-order valence-electron chi connectivity index (χ4n) is 3.32. The van der Waals surface area contributed by atoms with E-state index in [1.54, 1.807) is 24.6 Å². The lowest BCUT2D eigenvalue weighted by Gasteiger charge is -2.27. The van der Waals surface area contributed by atoms with Gasteiger partial charge in [-0.3, -0.25) is 0 Å². The van der Waals surface area contributed by atoms with Crippen LogP contribution < -0.4 is 12.4 Å². The Morgan fingerprint density at radius 1 is 0.474 bits per heavy atom. The van der Waals surface area contributed by atoms with E-state index >= 15 is 0 Å². The van der Waals surface area contributed by atoms with Crippen LogP contribution in [-0.2, 0) is 0 Å². The SMILES string of the molecule is CCCCCCCC[P+](CCC)(CCC)CCC.[Cl-]. The van der Waals surface area contributed by atoms with Gasteiger partial charge in [-0.05, 0) is 32.1 Å². The Bertz CT molecular complexity index is 154. The summed E-state index contributed by atoms with van der Waals surface area (Å²) in [6, 6.07) is 0. The summed E-state index contributed by atoms with van der Waals surface area (Å²) in [7, 11) is -0.552. The Hall–Kier alpha value is 0.720. The van der Waals surface area contributed by atoms with Crippen LogP contribution in [0.2, 0.25) is 0 Å². The van der Waals surface area contributed by atoms with Crippen molar-refractivity contribution in [3.63, 3.8) is 0 Å². The van der Waals surface area contributed by atoms with Crippen molar-refractivity contribution in [3.8, 4) is 0 Å². The minimum Gasteiger partial charge on any atom is -1.00 e. The Morgan fingerprint density at radius 3 is 1.32 bits per heavy atom. The molecule has 0 saturated carbocycles. The molecule has 0 N–H and O–H groups in total. The summed E-state index contributed by atoms with van der Waals surface area (Å²) in [5.41, 5.74) is 0. The fraction of sp³-hybridized carbons (Fsp3) is 1.00. The molecule has 0 fully saturated rings. The van der Waals surface area contributed by atoms with Crippen molar-refractivity contribution >= 4 is 7.26 Å². The van der Waals surface area contributed by atoms with Gasteiger partial charge >= 0.3 is 0 Å². The standard InChI is InChI=1S/C17H38P.ClH/c1-5-9-10-11-12-13-17-18(14-6-2,15-7-3)16-8-4;/h5-17H2,1-4H3;1H/q+1;/p-1. The average molecular weight is 309 g/mol. The molecule has 0 amide bonds. The summed E-state index contributed by atoms with van der Waals surface area (Å²) < 4.78 is 0. The van der Waals surface area contributed by atoms with E-state index in [-0.39, 0.29) is 12.4 Å². The van der Waals surface area contributed by atoms with E-state index in [1.807, 2.05) is 0 Å². The second kappa shape index (κ2) is 15.1. The Morgan fingerprint density at radius 2 is 0.895 bits per heavy atom. The summed E-state index contributed by atoms with van der Waals surface area (Å²) in [4.78, 5) is 0. The molecule has 0 bridgehead atoms. The van der Waals surface area contributed by atoms with Crippen molar-refractivity contribution in [2.24, 2.45) is 0 Å². The average Bonchev–Trinajstić information content (AvgIpc) is 2.35. The van der Waals surface area contributed by atoms with Crippen molar-refractivity contribution in [3.05, 3.63) is 0 Å². The Balaban J connectivity index is 0. The van der Waals surface area contributed by atoms with E-state index in [0.717, 1.165) is 0 Å². The fourth-order valence-corrected chi connectivity index (χ4v) is 8.40. The molecule has 0 aliphatic carbocycles. The largest absolute Gasteiger partial charge is 1.00 e. The summed E-state index contributed by atoms with van der Waals surface area (Å²) in [6.07, 6.45) is 19.4. The molecule has 0 atom stereocenters. The molecular formula is C17H38ClP. The van der Waals surface area contributed by atoms with Gasteiger partial charge in [-0.25, -0.2) is 0 Å². The predicted octanol–water partition coefficient (Wildman–Crippen LogP) is 3.60. The normalized spacial score (nSPS) is 11.4. The second-order valence-corrected chi connectivity index (χ2v) is 10.5. The summed E-state index contributed by atoms with van der Waals surface area (Å²) in [6.45, 7) is 9.48. The topological polar surface area (TPSA) is 0 Å². The monoisotopic (exact) mass is 308 g/mol. The molecule has 2 heteroatoms. The first kappa shape index (κ1) is 22.0. The van der Waals surface area contributed by atoms with Gasteiger partial charge in [0.1, 0.15) is 0 Å². The summed E-state index contributed by atoms with van der Waals surface area (Å²) in [5, 5.41) is 0. The maximum absolute atomic E-state index is 2.39. The molecule has 0 aromatic carbocycles. The molecule has 0 aromatic heterocycles. The summed E-state index contributed by atoms with van der Waals surface area (Å²) in [5.74, 6) is 0. The molecule has 0 unspecified atom stereocenters. The second-order valence-electron chi connectivity index (χ2n) is 6.00. The van der Waals surface area contributed by atoms with Gasteiger partial charge in [-0.15, -0.1) is 0 Å². The minimum absolute atomic E-state index is 0. The van der Waals surface area contributed by atoms with E-state index in [9.17, 15) is 0 Å². The summed E-state index contributed by atoms with van der Waals surface area (Å²) >= 11 is 0. The highest BCUT2D eigenvalue weighted by molar-refractivity contribution is 7.75. The van der Waals surface area contributed by atoms with Crippen LogP contribution in [0, 0.1) is 0 Å². The third-order valence-corrected chi connectivity index (χ3v) is 9.53. The van der Waals surface area contributed by atoms with Crippen LogP contribution in [0.4, 0.5) is 0 Å². The van der Waals surface area contributed by atoms with Gasteiger partial charge in [-0.1, -0.05) is 53.4 Å². The van der Waals surface area contributed by atoms with E-state index in [4.69, 9.17) is 0 Å². The lowest BCUT2D eigenvalue weighted by molar-refractivity contribution is -0.00000428. The number of rotatable bonds is 13. The van der Waals surface area contributed by atoms with Crippen molar-refractivity contribution in [1.29, 1.82) is 0 Å². The first-order valence-electron chi connectivity index (χ1n) is 8.59. The van der Waals surface area contributed by atoms with E-state index in [2.05, 4.69) is 27.7 Å². The van der Waals surface area contributed by atoms with Crippen LogP contribution in [-0.4, -0.2) is 24.6 Å². The predicted molar refractivity (Wildman–Crippen MR) is 90.6 cm³/mol. The van der Waals surface area contributed by atoms with Gasteiger partial charge in [0.2, 0.25) is 0 Å². The molecule has 0 aliphatic heterocycles. The highest BCUT2D eigenvalue weighted by Gasteiger charge is 2.33. The highest BCUT2D eigenvalue weighted by atomic mass is 35.5. The van der Waals surface area contributed by atoms with Crippen molar-refractivity contribution in [2.45, 2.75) is 85.5 Å². The quantitative estimate of drug-likeness (QED) is 0.360. The highest BCUT2D eigenvalue weighted by Crippen LogP contribution is 2.60. The lowest BCUT2D eigenvalue weighted by Crippen LogP contribution is -3.00. The van der Waals surface area contributed by atoms with Crippen LogP contribution in [0.5, 0.6) is 0 Å². The molecule has 0 radical (unpaired) electrons. The van der Waals surface area contributed by atoms with Gasteiger partial charge in [0.05, 0.1) is 24.6 Å². The van der Waals surface area contributed by atoms with Crippen molar-refractivity contribution in [1.82, 2.24) is 0 Å². The maximum atomic E-state index is 2.39. The third kappa shape index (κ3) is 11.1. The zero-order valence-corrected chi connectivity index (χ0v) is 15.7. The first-order chi connectivity index (χ1) is 8.74. The van der Waals surface area contributed by atoms with E-state index in [0.29, 0.717) is 0 Å². The van der Waals surface area contributed by atoms with Crippen LogP contribution in [0.25, 0.3) is 0 Å². The third-order valence-electron chi connectivity index (χ3n) is 4.08. The molecule has 0 heterocycles. The van der Waals surface area contributed by atoms with Gasteiger partial charge < -0.3 is 12.4 Å². The minimum atomic E-state index is -0.552. The molecule has 0 nitrogen and oxygen atoms in total. The number of halogens is 1. The molecule has 0 spiro atoms. The van der Waals surface area contributed by atoms with Crippen LogP contribution in [0.15, 0.2) is 0 Å². The molecule has 19 heavy (non-hydrogen) atoms. The Kier molecular flexibility index (Phi) is 17.5. The zero-order valence-electron chi connectivity index (χ0n) is 14.0. The Labute approximate surface area is 130 Å². The molecule has 0 rings (SSSR count). The van der Waals surface area contributed by atoms with Crippen LogP contribution >= 0.6 is 7.26 Å². The molecule has 0 aliphatic rings. The van der Waals surface area contributed by atoms with E-state index < -0.39 is 7.26 Å². The number of unbranched alkanes of at least 4 members (excludes halogenated alkanes) is 5. The zero-order chi connectivity index (χ0) is 13.7. The van der Waals surface area contributed by atoms with E-state index in [1.165, 1.54) is 57.8 Å². The van der Waals surface area contributed by atoms with Gasteiger partial charge in [-0.2, -0.15) is 0 Å². The molecule has 0 aromatic rings. The van der Waals surface area contributed by atoms with Crippen LogP contribution in [0.3, 0.4) is 0 Å². The lowest BCUT2D eigenvalue weighted by atomic mass is 10.1. The van der Waals surface area contributed by atoms with Gasteiger partial charge in [0.15, 0.2) is 0 Å². The molecular weight excluding hydrogens is 271 g/mol. The smallest absolute Gasteiger partial charge is 0.0594 e.